The Balaban J connectivity index is 1.92. The zero-order valence-electron chi connectivity index (χ0n) is 17.1. The zero-order chi connectivity index (χ0) is 22.9. The van der Waals surface area contributed by atoms with Gasteiger partial charge in [0.15, 0.2) is 17.2 Å². The molecule has 0 spiro atoms. The standard InChI is InChI=1S/C24H22ClFN2O4/c25-17-7-9-18-16(12-24(13-27,32-18)14-4-2-1-3-5-14)20(17)21-15(23(28)30)6-8-19(22(21)26)31-11-10-29/h1-9,29H,10-13,27H2,(H2,28,30)/t24-/m1/s1. The first-order valence-corrected chi connectivity index (χ1v) is 10.4. The summed E-state index contributed by atoms with van der Waals surface area (Å²) in [6, 6.07) is 15.5. The maximum absolute atomic E-state index is 15.6. The molecule has 1 aliphatic heterocycles. The van der Waals surface area contributed by atoms with Crippen molar-refractivity contribution in [2.75, 3.05) is 19.8 Å². The second-order valence-corrected chi connectivity index (χ2v) is 7.89. The van der Waals surface area contributed by atoms with E-state index in [1.807, 2.05) is 30.3 Å². The fourth-order valence-corrected chi connectivity index (χ4v) is 4.35. The summed E-state index contributed by atoms with van der Waals surface area (Å²) in [4.78, 5) is 12.2. The van der Waals surface area contributed by atoms with E-state index in [1.54, 1.807) is 12.1 Å². The van der Waals surface area contributed by atoms with Gasteiger partial charge in [-0.1, -0.05) is 41.9 Å². The van der Waals surface area contributed by atoms with E-state index in [2.05, 4.69) is 0 Å². The second-order valence-electron chi connectivity index (χ2n) is 7.48. The highest BCUT2D eigenvalue weighted by Crippen LogP contribution is 2.49. The molecule has 5 N–H and O–H groups in total. The van der Waals surface area contributed by atoms with Gasteiger partial charge in [-0.25, -0.2) is 4.39 Å². The third kappa shape index (κ3) is 3.68. The van der Waals surface area contributed by atoms with Crippen LogP contribution < -0.4 is 20.9 Å². The van der Waals surface area contributed by atoms with Crippen molar-refractivity contribution in [3.63, 3.8) is 0 Å². The Morgan fingerprint density at radius 3 is 2.56 bits per heavy atom. The van der Waals surface area contributed by atoms with E-state index in [-0.39, 0.29) is 41.7 Å². The smallest absolute Gasteiger partial charge is 0.249 e. The summed E-state index contributed by atoms with van der Waals surface area (Å²) >= 11 is 6.54. The number of aliphatic hydroxyl groups is 1. The van der Waals surface area contributed by atoms with Crippen LogP contribution in [0.3, 0.4) is 0 Å². The van der Waals surface area contributed by atoms with Gasteiger partial charge in [-0.15, -0.1) is 0 Å². The lowest BCUT2D eigenvalue weighted by atomic mass is 9.85. The van der Waals surface area contributed by atoms with E-state index >= 15 is 4.39 Å². The minimum absolute atomic E-state index is 0.0425. The largest absolute Gasteiger partial charge is 0.488 e. The van der Waals surface area contributed by atoms with Gasteiger partial charge in [0.1, 0.15) is 12.4 Å². The molecule has 1 aliphatic rings. The van der Waals surface area contributed by atoms with E-state index in [0.717, 1.165) is 5.56 Å². The Morgan fingerprint density at radius 2 is 1.91 bits per heavy atom. The van der Waals surface area contributed by atoms with Crippen LogP contribution in [0.5, 0.6) is 11.5 Å². The summed E-state index contributed by atoms with van der Waals surface area (Å²) < 4.78 is 27.2. The Morgan fingerprint density at radius 1 is 1.16 bits per heavy atom. The normalized spacial score (nSPS) is 17.0. The van der Waals surface area contributed by atoms with Crippen LogP contribution in [0.2, 0.25) is 5.02 Å². The molecule has 166 valence electrons. The van der Waals surface area contributed by atoms with Crippen molar-refractivity contribution >= 4 is 17.5 Å². The van der Waals surface area contributed by atoms with Crippen LogP contribution in [0.1, 0.15) is 21.5 Å². The number of carbonyl (C=O) groups excluding carboxylic acids is 1. The number of carbonyl (C=O) groups is 1. The number of aliphatic hydroxyl groups excluding tert-OH is 1. The number of nitrogens with two attached hydrogens (primary N) is 2. The maximum Gasteiger partial charge on any atom is 0.249 e. The molecule has 0 unspecified atom stereocenters. The van der Waals surface area contributed by atoms with E-state index in [0.29, 0.717) is 23.3 Å². The van der Waals surface area contributed by atoms with Crippen molar-refractivity contribution in [2.24, 2.45) is 11.5 Å². The summed E-state index contributed by atoms with van der Waals surface area (Å²) in [6.45, 7) is -0.231. The summed E-state index contributed by atoms with van der Waals surface area (Å²) in [5.41, 5.74) is 12.5. The van der Waals surface area contributed by atoms with Gasteiger partial charge in [-0.2, -0.15) is 0 Å². The lowest BCUT2D eigenvalue weighted by Crippen LogP contribution is -2.39. The highest BCUT2D eigenvalue weighted by molar-refractivity contribution is 6.34. The lowest BCUT2D eigenvalue weighted by Gasteiger charge is -2.27. The summed E-state index contributed by atoms with van der Waals surface area (Å²) in [5.74, 6) is -1.24. The third-order valence-corrected chi connectivity index (χ3v) is 5.90. The predicted octanol–water partition coefficient (Wildman–Crippen LogP) is 3.41. The monoisotopic (exact) mass is 456 g/mol. The van der Waals surface area contributed by atoms with Crippen molar-refractivity contribution in [1.29, 1.82) is 0 Å². The Bertz CT molecular complexity index is 1170. The quantitative estimate of drug-likeness (QED) is 0.505. The van der Waals surface area contributed by atoms with Gasteiger partial charge < -0.3 is 26.0 Å². The van der Waals surface area contributed by atoms with Crippen LogP contribution in [0, 0.1) is 5.82 Å². The lowest BCUT2D eigenvalue weighted by molar-refractivity contribution is 0.1000. The van der Waals surface area contributed by atoms with Crippen LogP contribution in [-0.4, -0.2) is 30.8 Å². The SMILES string of the molecule is NC[C@@]1(c2ccccc2)Cc2c(ccc(Cl)c2-c2c(C(N)=O)ccc(OCCO)c2F)O1. The molecule has 32 heavy (non-hydrogen) atoms. The van der Waals surface area contributed by atoms with Crippen LogP contribution in [0.25, 0.3) is 11.1 Å². The summed E-state index contributed by atoms with van der Waals surface area (Å²) in [6.07, 6.45) is 0.318. The van der Waals surface area contributed by atoms with Gasteiger partial charge >= 0.3 is 0 Å². The van der Waals surface area contributed by atoms with Crippen LogP contribution >= 0.6 is 11.6 Å². The first-order valence-electron chi connectivity index (χ1n) is 10.0. The molecule has 1 heterocycles. The number of ether oxygens (including phenoxy) is 2. The number of hydrogen-bond acceptors (Lipinski definition) is 5. The maximum atomic E-state index is 15.6. The molecule has 0 aromatic heterocycles. The third-order valence-electron chi connectivity index (χ3n) is 5.59. The molecular weight excluding hydrogens is 435 g/mol. The van der Waals surface area contributed by atoms with Gasteiger partial charge in [0.05, 0.1) is 12.2 Å². The average Bonchev–Trinajstić information content (AvgIpc) is 3.19. The fourth-order valence-electron chi connectivity index (χ4n) is 4.08. The molecule has 6 nitrogen and oxygen atoms in total. The molecule has 0 radical (unpaired) electrons. The van der Waals surface area contributed by atoms with E-state index in [4.69, 9.17) is 37.6 Å². The molecule has 4 rings (SSSR count). The minimum Gasteiger partial charge on any atom is -0.488 e. The van der Waals surface area contributed by atoms with Crippen molar-refractivity contribution in [1.82, 2.24) is 0 Å². The summed E-state index contributed by atoms with van der Waals surface area (Å²) in [7, 11) is 0. The Hall–Kier alpha value is -3.13. The van der Waals surface area contributed by atoms with Gasteiger partial charge in [-0.05, 0) is 29.8 Å². The molecule has 3 aromatic rings. The number of fused-ring (bicyclic) bond motifs is 1. The first kappa shape index (κ1) is 22.1. The molecule has 8 heteroatoms. The molecule has 0 aliphatic carbocycles. The number of primary amides is 1. The van der Waals surface area contributed by atoms with E-state index < -0.39 is 17.3 Å². The molecule has 1 amide bonds. The minimum atomic E-state index is -0.864. The highest BCUT2D eigenvalue weighted by atomic mass is 35.5. The molecule has 3 aromatic carbocycles. The molecule has 0 bridgehead atoms. The fraction of sp³-hybridized carbons (Fsp3) is 0.208. The van der Waals surface area contributed by atoms with Crippen molar-refractivity contribution in [2.45, 2.75) is 12.0 Å². The van der Waals surface area contributed by atoms with E-state index in [9.17, 15) is 4.79 Å². The molecule has 0 fully saturated rings. The second kappa shape index (κ2) is 8.78. The van der Waals surface area contributed by atoms with Gasteiger partial charge in [0.2, 0.25) is 5.91 Å². The van der Waals surface area contributed by atoms with Crippen LogP contribution in [-0.2, 0) is 12.0 Å². The van der Waals surface area contributed by atoms with Gasteiger partial charge in [0, 0.05) is 34.7 Å². The first-order chi connectivity index (χ1) is 15.4. The van der Waals surface area contributed by atoms with Crippen LogP contribution in [0.4, 0.5) is 4.39 Å². The number of hydrogen-bond donors (Lipinski definition) is 3. The number of rotatable bonds is 7. The number of benzene rings is 3. The van der Waals surface area contributed by atoms with Crippen LogP contribution in [0.15, 0.2) is 54.6 Å². The molecular formula is C24H22ClFN2O4. The Labute approximate surface area is 189 Å². The number of amides is 1. The molecule has 0 saturated carbocycles. The topological polar surface area (TPSA) is 108 Å². The molecule has 1 atom stereocenters. The summed E-state index contributed by atoms with van der Waals surface area (Å²) in [5, 5.41) is 9.27. The average molecular weight is 457 g/mol. The predicted molar refractivity (Wildman–Crippen MR) is 119 cm³/mol. The van der Waals surface area contributed by atoms with Gasteiger partial charge in [0.25, 0.3) is 0 Å². The number of halogens is 2. The van der Waals surface area contributed by atoms with Crippen molar-refractivity contribution in [3.05, 3.63) is 82.1 Å². The van der Waals surface area contributed by atoms with Gasteiger partial charge in [-0.3, -0.25) is 4.79 Å². The highest BCUT2D eigenvalue weighted by Gasteiger charge is 2.42. The van der Waals surface area contributed by atoms with E-state index in [1.165, 1.54) is 12.1 Å². The Kier molecular flexibility index (Phi) is 6.06. The van der Waals surface area contributed by atoms with Crippen molar-refractivity contribution < 1.29 is 23.8 Å². The zero-order valence-corrected chi connectivity index (χ0v) is 17.9. The molecule has 0 saturated heterocycles. The van der Waals surface area contributed by atoms with Crippen molar-refractivity contribution in [3.8, 4) is 22.6 Å².